The highest BCUT2D eigenvalue weighted by atomic mass is 16.1. The second-order valence-corrected chi connectivity index (χ2v) is 16.9. The average Bonchev–Trinajstić information content (AvgIpc) is 3.26. The molecule has 9 rings (SSSR count). The Morgan fingerprint density at radius 3 is 1.61 bits per heavy atom. The zero-order valence-electron chi connectivity index (χ0n) is 38.3. The number of aliphatic imine (C=N–C) groups is 1. The van der Waals surface area contributed by atoms with E-state index in [0.29, 0.717) is 5.92 Å². The molecular formula is C60H61NO. The van der Waals surface area contributed by atoms with Crippen molar-refractivity contribution < 1.29 is 4.79 Å². The molecule has 0 radical (unpaired) electrons. The Morgan fingerprint density at radius 1 is 0.500 bits per heavy atom. The lowest BCUT2D eigenvalue weighted by atomic mass is 9.84. The molecule has 8 aromatic rings. The van der Waals surface area contributed by atoms with Gasteiger partial charge in [-0.15, -0.1) is 0 Å². The first-order chi connectivity index (χ1) is 29.8. The minimum atomic E-state index is 0.167. The Morgan fingerprint density at radius 2 is 1.03 bits per heavy atom. The summed E-state index contributed by atoms with van der Waals surface area (Å²) in [5.41, 5.74) is 16.5. The fraction of sp³-hybridized carbons (Fsp3) is 0.200. The Hall–Kier alpha value is -6.64. The molecule has 0 aromatic heterocycles. The smallest absolute Gasteiger partial charge is 0.126 e. The van der Waals surface area contributed by atoms with Gasteiger partial charge in [0.05, 0.1) is 5.69 Å². The van der Waals surface area contributed by atoms with Crippen molar-refractivity contribution in [3.05, 3.63) is 214 Å². The second-order valence-electron chi connectivity index (χ2n) is 16.9. The molecule has 0 saturated carbocycles. The molecule has 0 aliphatic heterocycles. The quantitative estimate of drug-likeness (QED) is 0.129. The van der Waals surface area contributed by atoms with Crippen molar-refractivity contribution in [2.75, 3.05) is 0 Å². The van der Waals surface area contributed by atoms with Gasteiger partial charge in [0.15, 0.2) is 0 Å². The van der Waals surface area contributed by atoms with Crippen LogP contribution in [0.4, 0.5) is 5.69 Å². The van der Waals surface area contributed by atoms with Crippen molar-refractivity contribution in [2.45, 2.75) is 75.7 Å². The van der Waals surface area contributed by atoms with Crippen LogP contribution in [-0.4, -0.2) is 11.5 Å². The molecule has 2 heteroatoms. The summed E-state index contributed by atoms with van der Waals surface area (Å²) in [5.74, 6) is 0.758. The predicted molar refractivity (Wildman–Crippen MR) is 271 cm³/mol. The third-order valence-electron chi connectivity index (χ3n) is 11.4. The van der Waals surface area contributed by atoms with Gasteiger partial charge in [-0.25, -0.2) is 0 Å². The minimum Gasteiger partial charge on any atom is -0.300 e. The molecule has 1 aliphatic rings. The van der Waals surface area contributed by atoms with E-state index in [1.165, 1.54) is 107 Å². The highest BCUT2D eigenvalue weighted by Crippen LogP contribution is 2.37. The summed E-state index contributed by atoms with van der Waals surface area (Å²) in [7, 11) is 0. The fourth-order valence-electron chi connectivity index (χ4n) is 8.14. The van der Waals surface area contributed by atoms with E-state index in [1.54, 1.807) is 0 Å². The number of fused-ring (bicyclic) bond motifs is 6. The van der Waals surface area contributed by atoms with Crippen LogP contribution in [0.25, 0.3) is 49.0 Å². The summed E-state index contributed by atoms with van der Waals surface area (Å²) in [6, 6.07) is 56.3. The highest BCUT2D eigenvalue weighted by molar-refractivity contribution is 6.25. The van der Waals surface area contributed by atoms with Crippen LogP contribution in [0.1, 0.15) is 80.0 Å². The van der Waals surface area contributed by atoms with Gasteiger partial charge >= 0.3 is 0 Å². The molecule has 0 saturated heterocycles. The van der Waals surface area contributed by atoms with Gasteiger partial charge < -0.3 is 4.79 Å². The molecule has 0 amide bonds. The standard InChI is InChI=1S/C31H33N.C19H14.C7H8.C3H6O/c1-20-11-12-21(2)29(17-20)30-19-27(14-13-22(30)3)26-15-16-28(24(5)18-26)25(6)32-31-10-8-7-9-23(31)4;1-13-10-11-18-16-8-3-2-6-14(16)15-7-4-5-9-17(15)19(18)12-13;1-7-5-3-2-4-6-7;1-3(2)4/h7-16,18-20H,17H2,1-6H3;2-12H,1H3;2-6H,1H3;1-2H3. The topological polar surface area (TPSA) is 29.4 Å². The molecule has 0 N–H and O–H groups in total. The maximum atomic E-state index is 9.44. The fourth-order valence-corrected chi connectivity index (χ4v) is 8.14. The molecule has 2 nitrogen and oxygen atoms in total. The van der Waals surface area contributed by atoms with E-state index in [-0.39, 0.29) is 5.78 Å². The number of hydrogen-bond donors (Lipinski definition) is 0. The van der Waals surface area contributed by atoms with Gasteiger partial charge in [-0.05, 0) is 169 Å². The van der Waals surface area contributed by atoms with Crippen molar-refractivity contribution in [1.29, 1.82) is 0 Å². The van der Waals surface area contributed by atoms with Gasteiger partial charge in [-0.3, -0.25) is 4.99 Å². The maximum absolute atomic E-state index is 9.44. The molecule has 0 bridgehead atoms. The Kier molecular flexibility index (Phi) is 15.0. The van der Waals surface area contributed by atoms with Crippen LogP contribution >= 0.6 is 0 Å². The summed E-state index contributed by atoms with van der Waals surface area (Å²) < 4.78 is 0. The van der Waals surface area contributed by atoms with E-state index < -0.39 is 0 Å². The van der Waals surface area contributed by atoms with E-state index in [2.05, 4.69) is 201 Å². The number of benzene rings is 8. The monoisotopic (exact) mass is 811 g/mol. The summed E-state index contributed by atoms with van der Waals surface area (Å²) >= 11 is 0. The molecule has 1 unspecified atom stereocenters. The van der Waals surface area contributed by atoms with Crippen LogP contribution in [0.5, 0.6) is 0 Å². The third kappa shape index (κ3) is 11.2. The van der Waals surface area contributed by atoms with Gasteiger partial charge in [0.25, 0.3) is 0 Å². The summed E-state index contributed by atoms with van der Waals surface area (Å²) in [6.45, 7) is 20.4. The number of allylic oxidation sites excluding steroid dienone is 4. The molecule has 0 heterocycles. The molecular weight excluding hydrogens is 751 g/mol. The van der Waals surface area contributed by atoms with Crippen molar-refractivity contribution in [3.63, 3.8) is 0 Å². The highest BCUT2D eigenvalue weighted by Gasteiger charge is 2.16. The van der Waals surface area contributed by atoms with E-state index >= 15 is 0 Å². The van der Waals surface area contributed by atoms with E-state index in [4.69, 9.17) is 4.99 Å². The molecule has 62 heavy (non-hydrogen) atoms. The SMILES string of the molecule is CC(=Nc1ccccc1C)c1ccc(-c2ccc(C)c(C3=C(C)C=CC(C)C3)c2)cc1C.CC(C)=O.Cc1ccc2c3ccccc3c3ccccc3c2c1.Cc1ccccc1. The lowest BCUT2D eigenvalue weighted by molar-refractivity contribution is -0.115. The minimum absolute atomic E-state index is 0.167. The zero-order chi connectivity index (χ0) is 44.3. The van der Waals surface area contributed by atoms with Crippen molar-refractivity contribution >= 4 is 55.1 Å². The first kappa shape index (κ1) is 44.9. The Balaban J connectivity index is 0.000000178. The number of nitrogens with zero attached hydrogens (tertiary/aromatic N) is 1. The lowest BCUT2D eigenvalue weighted by Gasteiger charge is -2.21. The second kappa shape index (κ2) is 20.8. The lowest BCUT2D eigenvalue weighted by Crippen LogP contribution is -2.02. The molecule has 312 valence electrons. The van der Waals surface area contributed by atoms with Gasteiger partial charge in [0, 0.05) is 5.71 Å². The van der Waals surface area contributed by atoms with E-state index in [9.17, 15) is 4.79 Å². The summed E-state index contributed by atoms with van der Waals surface area (Å²) in [5, 5.41) is 8.08. The van der Waals surface area contributed by atoms with Crippen molar-refractivity contribution in [1.82, 2.24) is 0 Å². The van der Waals surface area contributed by atoms with E-state index in [0.717, 1.165) is 17.8 Å². The number of ketones is 1. The van der Waals surface area contributed by atoms with Crippen molar-refractivity contribution in [3.8, 4) is 11.1 Å². The Labute approximate surface area is 370 Å². The number of carbonyl (C=O) groups excluding carboxylic acids is 1. The average molecular weight is 812 g/mol. The van der Waals surface area contributed by atoms with Crippen LogP contribution in [0, 0.1) is 40.5 Å². The van der Waals surface area contributed by atoms with Gasteiger partial charge in [-0.1, -0.05) is 176 Å². The number of Topliss-reactive ketones (excluding diaryl/α,β-unsaturated/α-hetero) is 1. The van der Waals surface area contributed by atoms with Crippen LogP contribution in [0.3, 0.4) is 0 Å². The first-order valence-corrected chi connectivity index (χ1v) is 21.8. The third-order valence-corrected chi connectivity index (χ3v) is 11.4. The molecule has 1 atom stereocenters. The van der Waals surface area contributed by atoms with Crippen LogP contribution in [-0.2, 0) is 4.79 Å². The molecule has 1 aliphatic carbocycles. The summed E-state index contributed by atoms with van der Waals surface area (Å²) in [6.07, 6.45) is 5.71. The van der Waals surface area contributed by atoms with Crippen LogP contribution in [0.15, 0.2) is 180 Å². The number of aryl methyl sites for hydroxylation is 5. The zero-order valence-corrected chi connectivity index (χ0v) is 38.3. The van der Waals surface area contributed by atoms with Crippen molar-refractivity contribution in [2.24, 2.45) is 10.9 Å². The van der Waals surface area contributed by atoms with Gasteiger partial charge in [0.1, 0.15) is 5.78 Å². The van der Waals surface area contributed by atoms with Crippen LogP contribution < -0.4 is 0 Å². The largest absolute Gasteiger partial charge is 0.300 e. The van der Waals surface area contributed by atoms with Crippen LogP contribution in [0.2, 0.25) is 0 Å². The first-order valence-electron chi connectivity index (χ1n) is 21.8. The maximum Gasteiger partial charge on any atom is 0.126 e. The predicted octanol–water partition coefficient (Wildman–Crippen LogP) is 16.8. The van der Waals surface area contributed by atoms with E-state index in [1.807, 2.05) is 24.3 Å². The van der Waals surface area contributed by atoms with Gasteiger partial charge in [-0.2, -0.15) is 0 Å². The molecule has 8 aromatic carbocycles. The molecule has 0 fully saturated rings. The number of hydrogen-bond acceptors (Lipinski definition) is 2. The molecule has 0 spiro atoms. The van der Waals surface area contributed by atoms with Gasteiger partial charge in [0.2, 0.25) is 0 Å². The normalized spacial score (nSPS) is 13.5. The number of rotatable bonds is 4. The number of carbonyl (C=O) groups is 1. The summed E-state index contributed by atoms with van der Waals surface area (Å²) in [4.78, 5) is 14.3. The Bertz CT molecular complexity index is 2900. The number of para-hydroxylation sites is 1.